The van der Waals surface area contributed by atoms with Gasteiger partial charge in [-0.1, -0.05) is 0 Å². The monoisotopic (exact) mass is 646 g/mol. The summed E-state index contributed by atoms with van der Waals surface area (Å²) in [6.45, 7) is 0.243. The summed E-state index contributed by atoms with van der Waals surface area (Å²) in [5.41, 5.74) is 16.4. The van der Waals surface area contributed by atoms with Crippen molar-refractivity contribution < 1.29 is 48.9 Å². The molecule has 18 nitrogen and oxygen atoms in total. The number of hydrogen-bond donors (Lipinski definition) is 9. The zero-order chi connectivity index (χ0) is 33.4. The van der Waals surface area contributed by atoms with Crippen LogP contribution in [0.15, 0.2) is 4.99 Å². The van der Waals surface area contributed by atoms with E-state index in [1.807, 2.05) is 0 Å². The van der Waals surface area contributed by atoms with Gasteiger partial charge in [0.2, 0.25) is 23.6 Å². The average Bonchev–Trinajstić information content (AvgIpc) is 3.43. The summed E-state index contributed by atoms with van der Waals surface area (Å²) >= 11 is 1.38. The molecule has 0 saturated carbocycles. The highest BCUT2D eigenvalue weighted by molar-refractivity contribution is 7.98. The molecular weight excluding hydrogens is 604 g/mol. The van der Waals surface area contributed by atoms with Crippen molar-refractivity contribution in [2.75, 3.05) is 25.1 Å². The van der Waals surface area contributed by atoms with Crippen LogP contribution < -0.4 is 33.2 Å². The van der Waals surface area contributed by atoms with Gasteiger partial charge in [0, 0.05) is 19.5 Å². The molecule has 1 aliphatic rings. The van der Waals surface area contributed by atoms with Crippen LogP contribution in [0.5, 0.6) is 0 Å². The van der Waals surface area contributed by atoms with E-state index in [9.17, 15) is 38.7 Å². The number of carbonyl (C=O) groups is 7. The molecule has 0 aromatic carbocycles. The van der Waals surface area contributed by atoms with Gasteiger partial charge in [-0.05, 0) is 50.5 Å². The lowest BCUT2D eigenvalue weighted by molar-refractivity contribution is -0.145. The second-order valence-electron chi connectivity index (χ2n) is 10.1. The minimum Gasteiger partial charge on any atom is -0.481 e. The lowest BCUT2D eigenvalue weighted by Crippen LogP contribution is -2.58. The first kappa shape index (κ1) is 37.9. The molecule has 5 atom stereocenters. The van der Waals surface area contributed by atoms with Gasteiger partial charge >= 0.3 is 17.9 Å². The summed E-state index contributed by atoms with van der Waals surface area (Å²) in [4.78, 5) is 91.1. The standard InChI is InChI=1S/C25H42N8O10S/c1-44-11-8-14(30-20(38)13(26)12-19(36)37)21(39)31-15(4-2-9-29-25(27)28)23(41)33-10-3-5-17(33)22(40)32-16(24(42)43)6-7-18(34)35/h13-17H,2-12,26H2,1H3,(H,30,38)(H,31,39)(H,32,40)(H,34,35)(H,36,37)(H,42,43)(H4,27,28,29)/t13-,14-,15-,16-,17-/m0/s1. The molecule has 1 saturated heterocycles. The Balaban J connectivity index is 3.16. The molecule has 1 heterocycles. The minimum atomic E-state index is -1.49. The zero-order valence-corrected chi connectivity index (χ0v) is 25.2. The quantitative estimate of drug-likeness (QED) is 0.0361. The minimum absolute atomic E-state index is 0.0320. The van der Waals surface area contributed by atoms with Gasteiger partial charge in [0.1, 0.15) is 24.2 Å². The van der Waals surface area contributed by atoms with E-state index in [4.69, 9.17) is 27.4 Å². The largest absolute Gasteiger partial charge is 0.481 e. The Kier molecular flexibility index (Phi) is 16.5. The highest BCUT2D eigenvalue weighted by Crippen LogP contribution is 2.20. The first-order valence-corrected chi connectivity index (χ1v) is 15.2. The Labute approximate surface area is 257 Å². The number of carboxylic acid groups (broad SMARTS) is 3. The summed E-state index contributed by atoms with van der Waals surface area (Å²) in [6, 6.07) is -6.34. The summed E-state index contributed by atoms with van der Waals surface area (Å²) in [7, 11) is 0. The maximum atomic E-state index is 13.7. The molecular formula is C25H42N8O10S. The first-order chi connectivity index (χ1) is 20.7. The maximum absolute atomic E-state index is 13.7. The fourth-order valence-corrected chi connectivity index (χ4v) is 4.87. The SMILES string of the molecule is CSCC[C@H](NC(=O)[C@@H](N)CC(=O)O)C(=O)N[C@@H](CCCN=C(N)N)C(=O)N1CCC[C@H]1C(=O)N[C@@H](CCC(=O)O)C(=O)O. The van der Waals surface area contributed by atoms with Crippen molar-refractivity contribution in [3.8, 4) is 0 Å². The topological polar surface area (TPSA) is 310 Å². The van der Waals surface area contributed by atoms with Crippen molar-refractivity contribution in [3.63, 3.8) is 0 Å². The summed E-state index contributed by atoms with van der Waals surface area (Å²) < 4.78 is 0. The van der Waals surface area contributed by atoms with Gasteiger partial charge in [0.25, 0.3) is 0 Å². The highest BCUT2D eigenvalue weighted by atomic mass is 32.2. The lowest BCUT2D eigenvalue weighted by Gasteiger charge is -2.30. The van der Waals surface area contributed by atoms with Crippen molar-refractivity contribution in [3.05, 3.63) is 0 Å². The molecule has 0 aromatic heterocycles. The Morgan fingerprint density at radius 2 is 1.57 bits per heavy atom. The predicted octanol–water partition coefficient (Wildman–Crippen LogP) is -3.01. The van der Waals surface area contributed by atoms with Crippen LogP contribution >= 0.6 is 11.8 Å². The number of rotatable bonds is 20. The van der Waals surface area contributed by atoms with Gasteiger partial charge in [0.05, 0.1) is 12.5 Å². The van der Waals surface area contributed by atoms with E-state index in [2.05, 4.69) is 20.9 Å². The molecule has 44 heavy (non-hydrogen) atoms. The molecule has 1 fully saturated rings. The van der Waals surface area contributed by atoms with Gasteiger partial charge in [-0.2, -0.15) is 11.8 Å². The van der Waals surface area contributed by atoms with Crippen LogP contribution in [-0.4, -0.2) is 123 Å². The highest BCUT2D eigenvalue weighted by Gasteiger charge is 2.39. The van der Waals surface area contributed by atoms with E-state index in [0.717, 1.165) is 0 Å². The third kappa shape index (κ3) is 13.4. The number of aliphatic carboxylic acids is 3. The van der Waals surface area contributed by atoms with Crippen molar-refractivity contribution in [1.29, 1.82) is 0 Å². The van der Waals surface area contributed by atoms with E-state index < -0.39 is 84.6 Å². The van der Waals surface area contributed by atoms with Crippen LogP contribution in [0.4, 0.5) is 0 Å². The van der Waals surface area contributed by atoms with Gasteiger partial charge in [-0.3, -0.25) is 33.8 Å². The predicted molar refractivity (Wildman–Crippen MR) is 158 cm³/mol. The number of likely N-dealkylation sites (tertiary alicyclic amines) is 1. The molecule has 12 N–H and O–H groups in total. The number of guanidine groups is 1. The molecule has 0 spiro atoms. The smallest absolute Gasteiger partial charge is 0.326 e. The lowest BCUT2D eigenvalue weighted by atomic mass is 10.1. The molecule has 19 heteroatoms. The number of nitrogens with two attached hydrogens (primary N) is 3. The molecule has 0 aromatic rings. The Morgan fingerprint density at radius 3 is 2.14 bits per heavy atom. The molecule has 0 radical (unpaired) electrons. The average molecular weight is 647 g/mol. The second kappa shape index (κ2) is 19.2. The number of carbonyl (C=O) groups excluding carboxylic acids is 4. The number of thioether (sulfide) groups is 1. The maximum Gasteiger partial charge on any atom is 0.326 e. The normalized spacial score (nSPS) is 17.0. The summed E-state index contributed by atoms with van der Waals surface area (Å²) in [6.07, 6.45) is 1.26. The van der Waals surface area contributed by atoms with Crippen LogP contribution in [0.25, 0.3) is 0 Å². The van der Waals surface area contributed by atoms with E-state index in [-0.39, 0.29) is 51.2 Å². The van der Waals surface area contributed by atoms with Crippen molar-refractivity contribution in [2.45, 2.75) is 81.6 Å². The van der Waals surface area contributed by atoms with Crippen LogP contribution in [0.2, 0.25) is 0 Å². The number of nitrogens with one attached hydrogen (secondary N) is 3. The molecule has 0 bridgehead atoms. The van der Waals surface area contributed by atoms with Gasteiger partial charge in [0.15, 0.2) is 5.96 Å². The van der Waals surface area contributed by atoms with E-state index in [0.29, 0.717) is 12.2 Å². The van der Waals surface area contributed by atoms with E-state index in [1.54, 1.807) is 6.26 Å². The molecule has 248 valence electrons. The third-order valence-corrected chi connectivity index (χ3v) is 7.28. The zero-order valence-electron chi connectivity index (χ0n) is 24.4. The molecule has 0 unspecified atom stereocenters. The van der Waals surface area contributed by atoms with Crippen molar-refractivity contribution >= 4 is 59.3 Å². The number of nitrogens with zero attached hydrogens (tertiary/aromatic N) is 2. The molecule has 1 aliphatic heterocycles. The van der Waals surface area contributed by atoms with Crippen LogP contribution in [0, 0.1) is 0 Å². The number of aliphatic imine (C=N–C) groups is 1. The van der Waals surface area contributed by atoms with Crippen molar-refractivity contribution in [1.82, 2.24) is 20.9 Å². The molecule has 1 rings (SSSR count). The summed E-state index contributed by atoms with van der Waals surface area (Å²) in [5.74, 6) is -6.75. The Morgan fingerprint density at radius 1 is 0.909 bits per heavy atom. The van der Waals surface area contributed by atoms with Gasteiger partial charge < -0.3 is 53.4 Å². The number of amides is 4. The fourth-order valence-electron chi connectivity index (χ4n) is 4.39. The van der Waals surface area contributed by atoms with Crippen LogP contribution in [0.1, 0.15) is 51.4 Å². The number of hydrogen-bond acceptors (Lipinski definition) is 10. The van der Waals surface area contributed by atoms with Crippen molar-refractivity contribution in [2.24, 2.45) is 22.2 Å². The van der Waals surface area contributed by atoms with E-state index in [1.165, 1.54) is 16.7 Å². The number of carboxylic acids is 3. The van der Waals surface area contributed by atoms with Gasteiger partial charge in [-0.25, -0.2) is 4.79 Å². The molecule has 4 amide bonds. The Hall–Kier alpha value is -4.13. The third-order valence-electron chi connectivity index (χ3n) is 6.63. The van der Waals surface area contributed by atoms with Crippen LogP contribution in [-0.2, 0) is 33.6 Å². The second-order valence-corrected chi connectivity index (χ2v) is 11.1. The Bertz CT molecular complexity index is 1090. The fraction of sp³-hybridized carbons (Fsp3) is 0.680. The van der Waals surface area contributed by atoms with Crippen LogP contribution in [0.3, 0.4) is 0 Å². The summed E-state index contributed by atoms with van der Waals surface area (Å²) in [5, 5.41) is 34.6. The first-order valence-electron chi connectivity index (χ1n) is 13.9. The van der Waals surface area contributed by atoms with Gasteiger partial charge in [-0.15, -0.1) is 0 Å². The van der Waals surface area contributed by atoms with E-state index >= 15 is 0 Å². The molecule has 0 aliphatic carbocycles.